The fraction of sp³-hybridized carbons (Fsp3) is 0.263. The molecule has 0 aliphatic carbocycles. The zero-order valence-electron chi connectivity index (χ0n) is 14.0. The standard InChI is InChI=1S/C19H22N2O3/c1-3-14-24-16-9-6-5-8-15(16)11-12-18(22)21-19-17(23-4-2)10-7-13-20-19/h5-13H,3-4,14H2,1-2H3,(H,20,21,22)/b12-11+. The number of hydrogen-bond acceptors (Lipinski definition) is 4. The van der Waals surface area contributed by atoms with Gasteiger partial charge in [-0.2, -0.15) is 0 Å². The minimum absolute atomic E-state index is 0.278. The topological polar surface area (TPSA) is 60.5 Å². The highest BCUT2D eigenvalue weighted by Crippen LogP contribution is 2.22. The predicted octanol–water partition coefficient (Wildman–Crippen LogP) is 3.92. The van der Waals surface area contributed by atoms with Crippen LogP contribution in [0.25, 0.3) is 6.08 Å². The molecule has 1 amide bonds. The van der Waals surface area contributed by atoms with E-state index in [1.165, 1.54) is 6.08 Å². The minimum Gasteiger partial charge on any atom is -0.493 e. The summed E-state index contributed by atoms with van der Waals surface area (Å²) in [6.45, 7) is 5.08. The van der Waals surface area contributed by atoms with Gasteiger partial charge < -0.3 is 14.8 Å². The Balaban J connectivity index is 2.06. The molecule has 0 saturated carbocycles. The van der Waals surface area contributed by atoms with Crippen molar-refractivity contribution in [2.24, 2.45) is 0 Å². The highest BCUT2D eigenvalue weighted by molar-refractivity contribution is 6.02. The first kappa shape index (κ1) is 17.5. The van der Waals surface area contributed by atoms with Crippen molar-refractivity contribution in [2.45, 2.75) is 20.3 Å². The third kappa shape index (κ3) is 5.12. The second-order valence-corrected chi connectivity index (χ2v) is 4.99. The lowest BCUT2D eigenvalue weighted by atomic mass is 10.2. The molecule has 126 valence electrons. The van der Waals surface area contributed by atoms with Crippen molar-refractivity contribution < 1.29 is 14.3 Å². The third-order valence-electron chi connectivity index (χ3n) is 3.11. The van der Waals surface area contributed by atoms with Gasteiger partial charge in [-0.1, -0.05) is 25.1 Å². The van der Waals surface area contributed by atoms with E-state index in [1.807, 2.05) is 31.2 Å². The summed E-state index contributed by atoms with van der Waals surface area (Å²) < 4.78 is 11.1. The molecule has 1 heterocycles. The number of ether oxygens (including phenoxy) is 2. The van der Waals surface area contributed by atoms with E-state index < -0.39 is 0 Å². The summed E-state index contributed by atoms with van der Waals surface area (Å²) in [5.41, 5.74) is 0.854. The van der Waals surface area contributed by atoms with Crippen LogP contribution < -0.4 is 14.8 Å². The molecule has 0 fully saturated rings. The van der Waals surface area contributed by atoms with Gasteiger partial charge in [0.15, 0.2) is 11.6 Å². The lowest BCUT2D eigenvalue weighted by molar-refractivity contribution is -0.111. The Hall–Kier alpha value is -2.82. The second-order valence-electron chi connectivity index (χ2n) is 4.99. The molecule has 0 unspecified atom stereocenters. The van der Waals surface area contributed by atoms with Gasteiger partial charge in [-0.05, 0) is 37.6 Å². The molecule has 0 atom stereocenters. The van der Waals surface area contributed by atoms with Crippen LogP contribution in [0, 0.1) is 0 Å². The number of rotatable bonds is 8. The first-order chi connectivity index (χ1) is 11.7. The van der Waals surface area contributed by atoms with Crippen LogP contribution in [0.2, 0.25) is 0 Å². The Morgan fingerprint density at radius 3 is 2.71 bits per heavy atom. The summed E-state index contributed by atoms with van der Waals surface area (Å²) in [5, 5.41) is 2.73. The molecule has 0 radical (unpaired) electrons. The molecule has 5 heteroatoms. The van der Waals surface area contributed by atoms with Crippen molar-refractivity contribution in [3.8, 4) is 11.5 Å². The molecule has 1 aromatic carbocycles. The third-order valence-corrected chi connectivity index (χ3v) is 3.11. The van der Waals surface area contributed by atoms with Gasteiger partial charge in [0.05, 0.1) is 13.2 Å². The Morgan fingerprint density at radius 1 is 1.12 bits per heavy atom. The van der Waals surface area contributed by atoms with Crippen molar-refractivity contribution in [1.82, 2.24) is 4.98 Å². The monoisotopic (exact) mass is 326 g/mol. The van der Waals surface area contributed by atoms with Crippen LogP contribution in [0.4, 0.5) is 5.82 Å². The lowest BCUT2D eigenvalue weighted by Crippen LogP contribution is -2.10. The molecule has 1 N–H and O–H groups in total. The van der Waals surface area contributed by atoms with Crippen LogP contribution in [0.5, 0.6) is 11.5 Å². The SMILES string of the molecule is CCCOc1ccccc1/C=C/C(=O)Nc1ncccc1OCC. The molecule has 5 nitrogen and oxygen atoms in total. The highest BCUT2D eigenvalue weighted by atomic mass is 16.5. The van der Waals surface area contributed by atoms with E-state index >= 15 is 0 Å². The average molecular weight is 326 g/mol. The number of hydrogen-bond donors (Lipinski definition) is 1. The van der Waals surface area contributed by atoms with Gasteiger partial charge in [-0.3, -0.25) is 4.79 Å². The summed E-state index contributed by atoms with van der Waals surface area (Å²) in [6, 6.07) is 11.1. The molecular formula is C19H22N2O3. The average Bonchev–Trinajstić information content (AvgIpc) is 2.61. The number of benzene rings is 1. The van der Waals surface area contributed by atoms with Crippen molar-refractivity contribution >= 4 is 17.8 Å². The van der Waals surface area contributed by atoms with Gasteiger partial charge in [-0.25, -0.2) is 4.98 Å². The van der Waals surface area contributed by atoms with E-state index in [1.54, 1.807) is 24.4 Å². The fourth-order valence-electron chi connectivity index (χ4n) is 2.04. The molecule has 0 bridgehead atoms. The number of anilines is 1. The van der Waals surface area contributed by atoms with E-state index in [2.05, 4.69) is 17.2 Å². The van der Waals surface area contributed by atoms with Gasteiger partial charge >= 0.3 is 0 Å². The highest BCUT2D eigenvalue weighted by Gasteiger charge is 2.07. The molecule has 0 spiro atoms. The quantitative estimate of drug-likeness (QED) is 0.747. The second kappa shape index (κ2) is 9.35. The zero-order chi connectivity index (χ0) is 17.2. The van der Waals surface area contributed by atoms with Gasteiger partial charge in [0, 0.05) is 17.8 Å². The number of pyridine rings is 1. The number of para-hydroxylation sites is 1. The first-order valence-corrected chi connectivity index (χ1v) is 8.03. The normalized spacial score (nSPS) is 10.6. The summed E-state index contributed by atoms with van der Waals surface area (Å²) in [7, 11) is 0. The van der Waals surface area contributed by atoms with Crippen molar-refractivity contribution in [3.05, 3.63) is 54.2 Å². The number of aromatic nitrogens is 1. The van der Waals surface area contributed by atoms with Crippen molar-refractivity contribution in [1.29, 1.82) is 0 Å². The number of nitrogens with zero attached hydrogens (tertiary/aromatic N) is 1. The Kier molecular flexibility index (Phi) is 6.83. The Morgan fingerprint density at radius 2 is 1.92 bits per heavy atom. The van der Waals surface area contributed by atoms with Gasteiger partial charge in [-0.15, -0.1) is 0 Å². The van der Waals surface area contributed by atoms with E-state index in [0.717, 1.165) is 17.7 Å². The number of nitrogens with one attached hydrogen (secondary N) is 1. The largest absolute Gasteiger partial charge is 0.493 e. The van der Waals surface area contributed by atoms with Crippen LogP contribution in [0.1, 0.15) is 25.8 Å². The molecule has 2 rings (SSSR count). The van der Waals surface area contributed by atoms with Crippen LogP contribution in [0.3, 0.4) is 0 Å². The van der Waals surface area contributed by atoms with E-state index in [-0.39, 0.29) is 5.91 Å². The van der Waals surface area contributed by atoms with Crippen LogP contribution in [-0.4, -0.2) is 24.1 Å². The minimum atomic E-state index is -0.278. The zero-order valence-corrected chi connectivity index (χ0v) is 14.0. The number of amides is 1. The molecule has 1 aromatic heterocycles. The predicted molar refractivity (Wildman–Crippen MR) is 95.3 cm³/mol. The summed E-state index contributed by atoms with van der Waals surface area (Å²) in [6.07, 6.45) is 5.72. The van der Waals surface area contributed by atoms with Crippen LogP contribution in [-0.2, 0) is 4.79 Å². The van der Waals surface area contributed by atoms with Gasteiger partial charge in [0.25, 0.3) is 0 Å². The maximum Gasteiger partial charge on any atom is 0.249 e. The van der Waals surface area contributed by atoms with Gasteiger partial charge in [0.1, 0.15) is 5.75 Å². The lowest BCUT2D eigenvalue weighted by Gasteiger charge is -2.09. The van der Waals surface area contributed by atoms with E-state index in [0.29, 0.717) is 24.8 Å². The maximum absolute atomic E-state index is 12.1. The Bertz CT molecular complexity index is 699. The van der Waals surface area contributed by atoms with Crippen LogP contribution >= 0.6 is 0 Å². The number of carbonyl (C=O) groups is 1. The van der Waals surface area contributed by atoms with Gasteiger partial charge in [0.2, 0.25) is 5.91 Å². The summed E-state index contributed by atoms with van der Waals surface area (Å²) in [5.74, 6) is 1.44. The Labute approximate surface area is 142 Å². The molecule has 0 aliphatic rings. The van der Waals surface area contributed by atoms with E-state index in [4.69, 9.17) is 9.47 Å². The summed E-state index contributed by atoms with van der Waals surface area (Å²) in [4.78, 5) is 16.3. The number of carbonyl (C=O) groups excluding carboxylic acids is 1. The molecule has 0 aliphatic heterocycles. The molecule has 2 aromatic rings. The molecule has 24 heavy (non-hydrogen) atoms. The maximum atomic E-state index is 12.1. The van der Waals surface area contributed by atoms with Crippen LogP contribution in [0.15, 0.2) is 48.7 Å². The fourth-order valence-corrected chi connectivity index (χ4v) is 2.04. The van der Waals surface area contributed by atoms with Crippen molar-refractivity contribution in [2.75, 3.05) is 18.5 Å². The smallest absolute Gasteiger partial charge is 0.249 e. The van der Waals surface area contributed by atoms with E-state index in [9.17, 15) is 4.79 Å². The van der Waals surface area contributed by atoms with Crippen molar-refractivity contribution in [3.63, 3.8) is 0 Å². The molecular weight excluding hydrogens is 304 g/mol. The molecule has 0 saturated heterocycles. The first-order valence-electron chi connectivity index (χ1n) is 8.03. The summed E-state index contributed by atoms with van der Waals surface area (Å²) >= 11 is 0.